The molecule has 0 bridgehead atoms. The summed E-state index contributed by atoms with van der Waals surface area (Å²) in [7, 11) is 0. The van der Waals surface area contributed by atoms with Crippen LogP contribution in [-0.2, 0) is 5.54 Å². The van der Waals surface area contributed by atoms with Crippen LogP contribution in [0.1, 0.15) is 41.2 Å². The third kappa shape index (κ3) is 3.54. The summed E-state index contributed by atoms with van der Waals surface area (Å²) in [5, 5.41) is 13.9. The first-order chi connectivity index (χ1) is 14.2. The maximum absolute atomic E-state index is 15.0. The number of nitrogens with zero attached hydrogens (tertiary/aromatic N) is 3. The number of aromatic nitrogens is 2. The van der Waals surface area contributed by atoms with Gasteiger partial charge >= 0.3 is 0 Å². The number of halogens is 2. The van der Waals surface area contributed by atoms with E-state index in [0.717, 1.165) is 17.3 Å². The fourth-order valence-electron chi connectivity index (χ4n) is 3.90. The standard InChI is InChI=1S/C21H20F2N4O2S/c1-10-19(11(2)29-27-10)18-7-21(3,26-20(24)30-18)15-5-14(16(22)6-17(15)23)12-4-13(28)9-25-8-12/h4-6,8-9,18,28H,7H2,1-3H3,(H2,24,26). The fourth-order valence-corrected chi connectivity index (χ4v) is 5.31. The molecule has 0 saturated carbocycles. The van der Waals surface area contributed by atoms with Gasteiger partial charge in [-0.25, -0.2) is 8.78 Å². The van der Waals surface area contributed by atoms with Crippen LogP contribution in [0.15, 0.2) is 40.1 Å². The second-order valence-electron chi connectivity index (χ2n) is 7.52. The molecule has 0 saturated heterocycles. The van der Waals surface area contributed by atoms with Crippen LogP contribution in [0.5, 0.6) is 5.75 Å². The van der Waals surface area contributed by atoms with E-state index >= 15 is 0 Å². The molecule has 4 rings (SSSR count). The van der Waals surface area contributed by atoms with Crippen LogP contribution in [0.4, 0.5) is 8.78 Å². The number of hydrogen-bond donors (Lipinski definition) is 2. The van der Waals surface area contributed by atoms with Gasteiger partial charge in [-0.15, -0.1) is 0 Å². The van der Waals surface area contributed by atoms with Gasteiger partial charge < -0.3 is 15.4 Å². The summed E-state index contributed by atoms with van der Waals surface area (Å²) >= 11 is 1.37. The lowest BCUT2D eigenvalue weighted by molar-refractivity contribution is 0.389. The van der Waals surface area contributed by atoms with E-state index in [9.17, 15) is 13.9 Å². The molecule has 0 aliphatic carbocycles. The van der Waals surface area contributed by atoms with Crippen LogP contribution < -0.4 is 5.73 Å². The minimum atomic E-state index is -1.03. The monoisotopic (exact) mass is 430 g/mol. The predicted octanol–water partition coefficient (Wildman–Crippen LogP) is 4.75. The molecular formula is C21H20F2N4O2S. The number of benzene rings is 1. The Morgan fingerprint density at radius 1 is 1.20 bits per heavy atom. The molecule has 2 atom stereocenters. The molecule has 3 heterocycles. The second-order valence-corrected chi connectivity index (χ2v) is 8.74. The van der Waals surface area contributed by atoms with Gasteiger partial charge in [-0.2, -0.15) is 0 Å². The number of nitrogens with two attached hydrogens (primary N) is 1. The average Bonchev–Trinajstić information content (AvgIpc) is 2.99. The summed E-state index contributed by atoms with van der Waals surface area (Å²) < 4.78 is 34.8. The highest BCUT2D eigenvalue weighted by Gasteiger charge is 2.39. The Morgan fingerprint density at radius 3 is 2.63 bits per heavy atom. The van der Waals surface area contributed by atoms with Crippen molar-refractivity contribution in [2.45, 2.75) is 38.0 Å². The first-order valence-corrected chi connectivity index (χ1v) is 10.1. The fraction of sp³-hybridized carbons (Fsp3) is 0.286. The number of amidine groups is 1. The zero-order valence-electron chi connectivity index (χ0n) is 16.6. The zero-order chi connectivity index (χ0) is 21.6. The first kappa shape index (κ1) is 20.3. The third-order valence-electron chi connectivity index (χ3n) is 5.29. The van der Waals surface area contributed by atoms with Crippen LogP contribution in [0.3, 0.4) is 0 Å². The number of aliphatic imine (C=N–C) groups is 1. The molecular weight excluding hydrogens is 410 g/mol. The highest BCUT2D eigenvalue weighted by atomic mass is 32.2. The number of aryl methyl sites for hydroxylation is 2. The van der Waals surface area contributed by atoms with E-state index in [-0.39, 0.29) is 22.1 Å². The Kier molecular flexibility index (Phi) is 5.01. The van der Waals surface area contributed by atoms with Crippen LogP contribution in [0, 0.1) is 25.5 Å². The van der Waals surface area contributed by atoms with Crippen molar-refractivity contribution in [2.24, 2.45) is 10.7 Å². The average molecular weight is 430 g/mol. The molecule has 0 fully saturated rings. The van der Waals surface area contributed by atoms with E-state index < -0.39 is 17.2 Å². The molecule has 3 N–H and O–H groups in total. The van der Waals surface area contributed by atoms with Crippen molar-refractivity contribution in [3.63, 3.8) is 0 Å². The molecule has 156 valence electrons. The summed E-state index contributed by atoms with van der Waals surface area (Å²) in [6.45, 7) is 5.43. The van der Waals surface area contributed by atoms with Crippen molar-refractivity contribution in [2.75, 3.05) is 0 Å². The largest absolute Gasteiger partial charge is 0.506 e. The van der Waals surface area contributed by atoms with Crippen molar-refractivity contribution >= 4 is 16.9 Å². The van der Waals surface area contributed by atoms with Gasteiger partial charge in [0.15, 0.2) is 5.17 Å². The summed E-state index contributed by atoms with van der Waals surface area (Å²) in [5.74, 6) is -0.906. The lowest BCUT2D eigenvalue weighted by atomic mass is 9.84. The molecule has 1 aliphatic rings. The number of hydrogen-bond acceptors (Lipinski definition) is 7. The smallest absolute Gasteiger partial charge is 0.155 e. The van der Waals surface area contributed by atoms with E-state index in [1.807, 2.05) is 13.8 Å². The van der Waals surface area contributed by atoms with Crippen molar-refractivity contribution in [1.82, 2.24) is 10.1 Å². The van der Waals surface area contributed by atoms with Gasteiger partial charge in [0.25, 0.3) is 0 Å². The quantitative estimate of drug-likeness (QED) is 0.623. The van der Waals surface area contributed by atoms with Crippen molar-refractivity contribution in [3.8, 4) is 16.9 Å². The van der Waals surface area contributed by atoms with Crippen LogP contribution in [-0.4, -0.2) is 20.4 Å². The van der Waals surface area contributed by atoms with Crippen LogP contribution in [0.25, 0.3) is 11.1 Å². The van der Waals surface area contributed by atoms with E-state index in [0.29, 0.717) is 22.9 Å². The van der Waals surface area contributed by atoms with E-state index in [1.165, 1.54) is 36.3 Å². The summed E-state index contributed by atoms with van der Waals surface area (Å²) in [5.41, 5.74) is 7.40. The van der Waals surface area contributed by atoms with E-state index in [4.69, 9.17) is 10.3 Å². The Hall–Kier alpha value is -2.94. The lowest BCUT2D eigenvalue weighted by Crippen LogP contribution is -2.31. The number of aromatic hydroxyl groups is 1. The van der Waals surface area contributed by atoms with Gasteiger partial charge in [-0.05, 0) is 39.3 Å². The molecule has 0 radical (unpaired) electrons. The summed E-state index contributed by atoms with van der Waals surface area (Å²) in [4.78, 5) is 8.41. The molecule has 2 aromatic heterocycles. The van der Waals surface area contributed by atoms with Gasteiger partial charge in [0.1, 0.15) is 23.1 Å². The lowest BCUT2D eigenvalue weighted by Gasteiger charge is -2.35. The molecule has 1 aromatic carbocycles. The number of rotatable bonds is 3. The Bertz CT molecular complexity index is 1140. The molecule has 9 heteroatoms. The predicted molar refractivity (Wildman–Crippen MR) is 111 cm³/mol. The number of thioether (sulfide) groups is 1. The van der Waals surface area contributed by atoms with Gasteiger partial charge in [0.2, 0.25) is 0 Å². The van der Waals surface area contributed by atoms with Crippen molar-refractivity contribution in [3.05, 3.63) is 64.8 Å². The van der Waals surface area contributed by atoms with Gasteiger partial charge in [0.05, 0.1) is 17.4 Å². The Balaban J connectivity index is 1.82. The van der Waals surface area contributed by atoms with E-state index in [1.54, 1.807) is 6.92 Å². The topological polar surface area (TPSA) is 97.5 Å². The minimum absolute atomic E-state index is 0.112. The van der Waals surface area contributed by atoms with E-state index in [2.05, 4.69) is 15.1 Å². The molecule has 3 aromatic rings. The minimum Gasteiger partial charge on any atom is -0.506 e. The molecule has 0 amide bonds. The Labute approximate surface area is 176 Å². The number of pyridine rings is 1. The van der Waals surface area contributed by atoms with Gasteiger partial charge in [0, 0.05) is 39.8 Å². The van der Waals surface area contributed by atoms with Gasteiger partial charge in [-0.3, -0.25) is 9.98 Å². The van der Waals surface area contributed by atoms with Gasteiger partial charge in [-0.1, -0.05) is 16.9 Å². The SMILES string of the molecule is Cc1noc(C)c1C1CC(C)(c2cc(-c3cncc(O)c3)c(F)cc2F)N=C(N)S1. The maximum atomic E-state index is 15.0. The first-order valence-electron chi connectivity index (χ1n) is 9.26. The van der Waals surface area contributed by atoms with Crippen LogP contribution >= 0.6 is 11.8 Å². The molecule has 2 unspecified atom stereocenters. The molecule has 6 nitrogen and oxygen atoms in total. The molecule has 1 aliphatic heterocycles. The second kappa shape index (κ2) is 7.39. The molecule has 0 spiro atoms. The van der Waals surface area contributed by atoms with Crippen molar-refractivity contribution < 1.29 is 18.4 Å². The zero-order valence-corrected chi connectivity index (χ0v) is 17.4. The summed E-state index contributed by atoms with van der Waals surface area (Å²) in [6.07, 6.45) is 3.06. The van der Waals surface area contributed by atoms with Crippen molar-refractivity contribution in [1.29, 1.82) is 0 Å². The van der Waals surface area contributed by atoms with Crippen LogP contribution in [0.2, 0.25) is 0 Å². The highest BCUT2D eigenvalue weighted by molar-refractivity contribution is 8.14. The third-order valence-corrected chi connectivity index (χ3v) is 6.30. The molecule has 30 heavy (non-hydrogen) atoms. The summed E-state index contributed by atoms with van der Waals surface area (Å²) in [6, 6.07) is 3.62. The maximum Gasteiger partial charge on any atom is 0.155 e. The highest BCUT2D eigenvalue weighted by Crippen LogP contribution is 2.49. The Morgan fingerprint density at radius 2 is 1.97 bits per heavy atom. The normalized spacial score (nSPS) is 21.5.